The first kappa shape index (κ1) is 18.8. The van der Waals surface area contributed by atoms with Crippen molar-refractivity contribution in [2.45, 2.75) is 13.1 Å². The molecule has 0 atom stereocenters. The number of rotatable bonds is 7. The largest absolute Gasteiger partial charge is 0.483 e. The summed E-state index contributed by atoms with van der Waals surface area (Å²) < 4.78 is 6.20. The molecule has 0 fully saturated rings. The molecule has 0 spiro atoms. The Bertz CT molecular complexity index is 690. The molecular weight excluding hydrogens is 392 g/mol. The van der Waals surface area contributed by atoms with Crippen LogP contribution in [0.5, 0.6) is 5.75 Å². The normalized spacial score (nSPS) is 10.7. The van der Waals surface area contributed by atoms with Gasteiger partial charge in [0.05, 0.1) is 4.47 Å². The topological polar surface area (TPSA) is 41.6 Å². The molecule has 6 heteroatoms. The highest BCUT2D eigenvalue weighted by Gasteiger charge is 2.06. The molecule has 0 aliphatic carbocycles. The van der Waals surface area contributed by atoms with Crippen LogP contribution in [0, 0.1) is 0 Å². The van der Waals surface area contributed by atoms with E-state index in [0.29, 0.717) is 17.3 Å². The minimum absolute atomic E-state index is 0.0427. The van der Waals surface area contributed by atoms with Crippen molar-refractivity contribution in [2.75, 3.05) is 20.7 Å². The fraction of sp³-hybridized carbons (Fsp3) is 0.278. The van der Waals surface area contributed by atoms with E-state index in [9.17, 15) is 4.79 Å². The monoisotopic (exact) mass is 410 g/mol. The second-order valence-corrected chi connectivity index (χ2v) is 6.99. The summed E-state index contributed by atoms with van der Waals surface area (Å²) in [5.41, 5.74) is 2.30. The molecule has 0 bridgehead atoms. The van der Waals surface area contributed by atoms with Gasteiger partial charge in [0.2, 0.25) is 0 Å². The predicted octanol–water partition coefficient (Wildman–Crippen LogP) is 3.86. The highest BCUT2D eigenvalue weighted by molar-refractivity contribution is 9.10. The molecule has 1 N–H and O–H groups in total. The summed E-state index contributed by atoms with van der Waals surface area (Å²) in [6.45, 7) is 1.33. The second kappa shape index (κ2) is 9.06. The van der Waals surface area contributed by atoms with Gasteiger partial charge in [-0.3, -0.25) is 4.79 Å². The van der Waals surface area contributed by atoms with Crippen LogP contribution in [0.4, 0.5) is 0 Å². The van der Waals surface area contributed by atoms with Crippen LogP contribution in [-0.2, 0) is 17.9 Å². The van der Waals surface area contributed by atoms with E-state index in [2.05, 4.69) is 38.3 Å². The highest BCUT2D eigenvalue weighted by atomic mass is 79.9. The Balaban J connectivity index is 1.78. The maximum absolute atomic E-state index is 11.9. The zero-order valence-electron chi connectivity index (χ0n) is 13.7. The summed E-state index contributed by atoms with van der Waals surface area (Å²) >= 11 is 9.22. The lowest BCUT2D eigenvalue weighted by molar-refractivity contribution is -0.123. The first-order chi connectivity index (χ1) is 11.4. The molecule has 2 aromatic carbocycles. The van der Waals surface area contributed by atoms with Crippen molar-refractivity contribution < 1.29 is 9.53 Å². The van der Waals surface area contributed by atoms with Crippen molar-refractivity contribution >= 4 is 33.4 Å². The minimum atomic E-state index is -0.172. The van der Waals surface area contributed by atoms with Gasteiger partial charge in [-0.25, -0.2) is 0 Å². The molecule has 0 unspecified atom stereocenters. The van der Waals surface area contributed by atoms with Gasteiger partial charge in [-0.2, -0.15) is 0 Å². The van der Waals surface area contributed by atoms with Crippen LogP contribution in [0.25, 0.3) is 0 Å². The summed E-state index contributed by atoms with van der Waals surface area (Å²) in [5, 5.41) is 3.45. The van der Waals surface area contributed by atoms with Gasteiger partial charge in [0.1, 0.15) is 5.75 Å². The molecule has 4 nitrogen and oxygen atoms in total. The number of benzene rings is 2. The van der Waals surface area contributed by atoms with E-state index in [4.69, 9.17) is 16.3 Å². The van der Waals surface area contributed by atoms with Gasteiger partial charge in [-0.15, -0.1) is 0 Å². The SMILES string of the molecule is CN(C)Cc1ccc(CNC(=O)COc2ccc(Cl)cc2Br)cc1. The van der Waals surface area contributed by atoms with Gasteiger partial charge in [0, 0.05) is 18.1 Å². The van der Waals surface area contributed by atoms with Crippen molar-refractivity contribution in [3.63, 3.8) is 0 Å². The maximum atomic E-state index is 11.9. The zero-order chi connectivity index (χ0) is 17.5. The first-order valence-corrected chi connectivity index (χ1v) is 8.68. The number of nitrogens with one attached hydrogen (secondary N) is 1. The van der Waals surface area contributed by atoms with Gasteiger partial charge in [-0.05, 0) is 59.4 Å². The van der Waals surface area contributed by atoms with E-state index in [1.807, 2.05) is 26.2 Å². The number of nitrogens with zero attached hydrogens (tertiary/aromatic N) is 1. The number of carbonyl (C=O) groups is 1. The molecule has 0 aliphatic heterocycles. The lowest BCUT2D eigenvalue weighted by Gasteiger charge is -2.11. The molecule has 2 rings (SSSR count). The molecule has 24 heavy (non-hydrogen) atoms. The summed E-state index contributed by atoms with van der Waals surface area (Å²) in [5.74, 6) is 0.414. The molecule has 0 radical (unpaired) electrons. The Labute approximate surface area is 155 Å². The lowest BCUT2D eigenvalue weighted by atomic mass is 10.1. The smallest absolute Gasteiger partial charge is 0.258 e. The number of hydrogen-bond acceptors (Lipinski definition) is 3. The van der Waals surface area contributed by atoms with E-state index < -0.39 is 0 Å². The fourth-order valence-corrected chi connectivity index (χ4v) is 2.91. The van der Waals surface area contributed by atoms with E-state index in [1.54, 1.807) is 18.2 Å². The van der Waals surface area contributed by atoms with Crippen LogP contribution >= 0.6 is 27.5 Å². The molecule has 0 saturated carbocycles. The average Bonchev–Trinajstić information content (AvgIpc) is 2.53. The lowest BCUT2D eigenvalue weighted by Crippen LogP contribution is -2.28. The third-order valence-electron chi connectivity index (χ3n) is 3.26. The zero-order valence-corrected chi connectivity index (χ0v) is 16.0. The van der Waals surface area contributed by atoms with Crippen molar-refractivity contribution in [3.8, 4) is 5.75 Å². The molecule has 0 heterocycles. The minimum Gasteiger partial charge on any atom is -0.483 e. The van der Waals surface area contributed by atoms with E-state index >= 15 is 0 Å². The molecular formula is C18H20BrClN2O2. The summed E-state index contributed by atoms with van der Waals surface area (Å²) in [4.78, 5) is 14.0. The fourth-order valence-electron chi connectivity index (χ4n) is 2.11. The highest BCUT2D eigenvalue weighted by Crippen LogP contribution is 2.27. The van der Waals surface area contributed by atoms with Crippen molar-refractivity contribution in [3.05, 3.63) is 63.1 Å². The van der Waals surface area contributed by atoms with Crippen LogP contribution in [0.1, 0.15) is 11.1 Å². The second-order valence-electron chi connectivity index (χ2n) is 5.69. The Kier molecular flexibility index (Phi) is 7.09. The van der Waals surface area contributed by atoms with Gasteiger partial charge in [-0.1, -0.05) is 35.9 Å². The number of halogens is 2. The number of amides is 1. The van der Waals surface area contributed by atoms with Crippen molar-refractivity contribution in [1.29, 1.82) is 0 Å². The van der Waals surface area contributed by atoms with Gasteiger partial charge >= 0.3 is 0 Å². The molecule has 0 aromatic heterocycles. The summed E-state index contributed by atoms with van der Waals surface area (Å²) in [6.07, 6.45) is 0. The first-order valence-electron chi connectivity index (χ1n) is 7.51. The molecule has 128 valence electrons. The van der Waals surface area contributed by atoms with Crippen LogP contribution in [0.2, 0.25) is 5.02 Å². The summed E-state index contributed by atoms with van der Waals surface area (Å²) in [7, 11) is 4.07. The third kappa shape index (κ3) is 6.15. The third-order valence-corrected chi connectivity index (χ3v) is 4.12. The van der Waals surface area contributed by atoms with Crippen LogP contribution in [0.3, 0.4) is 0 Å². The Morgan fingerprint density at radius 2 is 1.83 bits per heavy atom. The van der Waals surface area contributed by atoms with Crippen molar-refractivity contribution in [1.82, 2.24) is 10.2 Å². The van der Waals surface area contributed by atoms with E-state index in [-0.39, 0.29) is 12.5 Å². The number of hydrogen-bond donors (Lipinski definition) is 1. The molecule has 0 aliphatic rings. The summed E-state index contributed by atoms with van der Waals surface area (Å²) in [6, 6.07) is 13.4. The van der Waals surface area contributed by atoms with E-state index in [0.717, 1.165) is 16.6 Å². The van der Waals surface area contributed by atoms with Crippen LogP contribution < -0.4 is 10.1 Å². The average molecular weight is 412 g/mol. The van der Waals surface area contributed by atoms with Gasteiger partial charge in [0.25, 0.3) is 5.91 Å². The standard InChI is InChI=1S/C18H20BrClN2O2/c1-22(2)11-14-5-3-13(4-6-14)10-21-18(23)12-24-17-8-7-15(20)9-16(17)19/h3-9H,10-12H2,1-2H3,(H,21,23). The maximum Gasteiger partial charge on any atom is 0.258 e. The van der Waals surface area contributed by atoms with Crippen LogP contribution in [-0.4, -0.2) is 31.5 Å². The Morgan fingerprint density at radius 3 is 2.46 bits per heavy atom. The predicted molar refractivity (Wildman–Crippen MR) is 100 cm³/mol. The molecule has 1 amide bonds. The van der Waals surface area contributed by atoms with E-state index in [1.165, 1.54) is 5.56 Å². The quantitative estimate of drug-likeness (QED) is 0.752. The van der Waals surface area contributed by atoms with Crippen LogP contribution in [0.15, 0.2) is 46.9 Å². The van der Waals surface area contributed by atoms with Crippen molar-refractivity contribution in [2.24, 2.45) is 0 Å². The van der Waals surface area contributed by atoms with Gasteiger partial charge < -0.3 is 15.0 Å². The number of carbonyl (C=O) groups excluding carboxylic acids is 1. The molecule has 0 saturated heterocycles. The molecule has 2 aromatic rings. The number of ether oxygens (including phenoxy) is 1. The van der Waals surface area contributed by atoms with Gasteiger partial charge in [0.15, 0.2) is 6.61 Å². The Morgan fingerprint density at radius 1 is 1.17 bits per heavy atom. The Hall–Kier alpha value is -1.56.